The van der Waals surface area contributed by atoms with Gasteiger partial charge in [-0.05, 0) is 42.9 Å². The molecule has 1 atom stereocenters. The van der Waals surface area contributed by atoms with Gasteiger partial charge in [-0.15, -0.1) is 0 Å². The zero-order valence-corrected chi connectivity index (χ0v) is 12.5. The van der Waals surface area contributed by atoms with E-state index in [0.717, 1.165) is 18.9 Å². The molecule has 0 bridgehead atoms. The van der Waals surface area contributed by atoms with E-state index in [2.05, 4.69) is 4.72 Å². The van der Waals surface area contributed by atoms with Crippen molar-refractivity contribution in [2.45, 2.75) is 24.7 Å². The van der Waals surface area contributed by atoms with Crippen molar-refractivity contribution in [3.8, 4) is 0 Å². The molecule has 1 aromatic carbocycles. The van der Waals surface area contributed by atoms with E-state index in [1.165, 1.54) is 12.1 Å². The van der Waals surface area contributed by atoms with Crippen LogP contribution in [0.3, 0.4) is 0 Å². The molecule has 1 aliphatic rings. The van der Waals surface area contributed by atoms with Crippen molar-refractivity contribution >= 4 is 27.6 Å². The first kappa shape index (κ1) is 15.3. The van der Waals surface area contributed by atoms with Crippen LogP contribution in [-0.2, 0) is 10.0 Å². The third kappa shape index (κ3) is 3.50. The van der Waals surface area contributed by atoms with E-state index in [1.807, 2.05) is 6.92 Å². The standard InChI is InChI=1S/C13H16ClNO4S/c1-8(9-2-3-9)7-15-20(18,19)10-4-5-12(14)11(6-10)13(16)17/h4-6,8-9,15H,2-3,7H2,1H3,(H,16,17). The van der Waals surface area contributed by atoms with E-state index in [0.29, 0.717) is 12.5 Å². The number of carboxylic acids is 1. The molecule has 0 aliphatic heterocycles. The van der Waals surface area contributed by atoms with E-state index in [1.54, 1.807) is 0 Å². The highest BCUT2D eigenvalue weighted by Crippen LogP contribution is 2.36. The molecule has 7 heteroatoms. The average Bonchev–Trinajstić information content (AvgIpc) is 3.20. The largest absolute Gasteiger partial charge is 0.478 e. The molecule has 0 aromatic heterocycles. The van der Waals surface area contributed by atoms with Gasteiger partial charge in [-0.3, -0.25) is 0 Å². The van der Waals surface area contributed by atoms with Gasteiger partial charge in [0, 0.05) is 6.54 Å². The molecule has 2 rings (SSSR count). The first-order valence-electron chi connectivity index (χ1n) is 6.34. The van der Waals surface area contributed by atoms with Gasteiger partial charge in [0.05, 0.1) is 15.5 Å². The summed E-state index contributed by atoms with van der Waals surface area (Å²) in [5.41, 5.74) is -0.218. The number of halogens is 1. The van der Waals surface area contributed by atoms with Crippen molar-refractivity contribution < 1.29 is 18.3 Å². The van der Waals surface area contributed by atoms with Crippen LogP contribution in [0.25, 0.3) is 0 Å². The molecule has 0 spiro atoms. The maximum atomic E-state index is 12.1. The third-order valence-corrected chi connectivity index (χ3v) is 5.25. The Hall–Kier alpha value is -1.11. The van der Waals surface area contributed by atoms with Crippen LogP contribution >= 0.6 is 11.6 Å². The monoisotopic (exact) mass is 317 g/mol. The topological polar surface area (TPSA) is 83.5 Å². The summed E-state index contributed by atoms with van der Waals surface area (Å²) in [7, 11) is -3.71. The number of nitrogens with one attached hydrogen (secondary N) is 1. The maximum Gasteiger partial charge on any atom is 0.337 e. The minimum Gasteiger partial charge on any atom is -0.478 e. The summed E-state index contributed by atoms with van der Waals surface area (Å²) in [6.45, 7) is 2.36. The Morgan fingerprint density at radius 2 is 2.15 bits per heavy atom. The molecule has 1 unspecified atom stereocenters. The fourth-order valence-electron chi connectivity index (χ4n) is 1.99. The number of rotatable bonds is 6. The number of carbonyl (C=O) groups is 1. The van der Waals surface area contributed by atoms with Crippen molar-refractivity contribution in [3.63, 3.8) is 0 Å². The summed E-state index contributed by atoms with van der Waals surface area (Å²) >= 11 is 5.72. The molecule has 0 amide bonds. The Morgan fingerprint density at radius 1 is 1.50 bits per heavy atom. The first-order valence-corrected chi connectivity index (χ1v) is 8.20. The molecule has 20 heavy (non-hydrogen) atoms. The van der Waals surface area contributed by atoms with Crippen LogP contribution in [0.1, 0.15) is 30.1 Å². The van der Waals surface area contributed by atoms with Gasteiger partial charge in [0.25, 0.3) is 0 Å². The Bertz CT molecular complexity index is 625. The number of carboxylic acid groups (broad SMARTS) is 1. The second-order valence-electron chi connectivity index (χ2n) is 5.11. The molecule has 1 aromatic rings. The van der Waals surface area contributed by atoms with Gasteiger partial charge < -0.3 is 5.11 Å². The molecule has 0 saturated heterocycles. The van der Waals surface area contributed by atoms with Gasteiger partial charge in [-0.2, -0.15) is 0 Å². The molecule has 0 heterocycles. The maximum absolute atomic E-state index is 12.1. The van der Waals surface area contributed by atoms with Gasteiger partial charge in [0.1, 0.15) is 0 Å². The molecule has 1 saturated carbocycles. The van der Waals surface area contributed by atoms with Gasteiger partial charge in [-0.25, -0.2) is 17.9 Å². The van der Waals surface area contributed by atoms with Crippen LogP contribution in [0.4, 0.5) is 0 Å². The Morgan fingerprint density at radius 3 is 2.70 bits per heavy atom. The molecule has 110 valence electrons. The molecular formula is C13H16ClNO4S. The van der Waals surface area contributed by atoms with Crippen LogP contribution in [0.2, 0.25) is 5.02 Å². The highest BCUT2D eigenvalue weighted by molar-refractivity contribution is 7.89. The quantitative estimate of drug-likeness (QED) is 0.843. The summed E-state index contributed by atoms with van der Waals surface area (Å²) in [6, 6.07) is 3.66. The Labute approximate surface area is 123 Å². The van der Waals surface area contributed by atoms with Crippen molar-refractivity contribution in [1.29, 1.82) is 0 Å². The summed E-state index contributed by atoms with van der Waals surface area (Å²) < 4.78 is 26.8. The van der Waals surface area contributed by atoms with Crippen LogP contribution in [0, 0.1) is 11.8 Å². The fourth-order valence-corrected chi connectivity index (χ4v) is 3.36. The average molecular weight is 318 g/mol. The zero-order valence-electron chi connectivity index (χ0n) is 11.0. The molecule has 1 fully saturated rings. The van der Waals surface area contributed by atoms with E-state index in [4.69, 9.17) is 16.7 Å². The molecule has 1 aliphatic carbocycles. The highest BCUT2D eigenvalue weighted by Gasteiger charge is 2.29. The van der Waals surface area contributed by atoms with Gasteiger partial charge in [-0.1, -0.05) is 18.5 Å². The van der Waals surface area contributed by atoms with Gasteiger partial charge in [0.15, 0.2) is 0 Å². The molecular weight excluding hydrogens is 302 g/mol. The number of benzene rings is 1. The molecule has 0 radical (unpaired) electrons. The first-order chi connectivity index (χ1) is 9.31. The van der Waals surface area contributed by atoms with E-state index in [9.17, 15) is 13.2 Å². The van der Waals surface area contributed by atoms with Crippen LogP contribution in [0.15, 0.2) is 23.1 Å². The number of hydrogen-bond donors (Lipinski definition) is 2. The van der Waals surface area contributed by atoms with Crippen LogP contribution < -0.4 is 4.72 Å². The Kier molecular flexibility index (Phi) is 4.36. The lowest BCUT2D eigenvalue weighted by molar-refractivity contribution is 0.0697. The van der Waals surface area contributed by atoms with Crippen molar-refractivity contribution in [2.75, 3.05) is 6.54 Å². The summed E-state index contributed by atoms with van der Waals surface area (Å²) in [4.78, 5) is 10.9. The SMILES string of the molecule is CC(CNS(=O)(=O)c1ccc(Cl)c(C(=O)O)c1)C1CC1. The third-order valence-electron chi connectivity index (χ3n) is 3.50. The van der Waals surface area contributed by atoms with Crippen molar-refractivity contribution in [3.05, 3.63) is 28.8 Å². The lowest BCUT2D eigenvalue weighted by Gasteiger charge is -2.12. The zero-order chi connectivity index (χ0) is 14.9. The van der Waals surface area contributed by atoms with E-state index >= 15 is 0 Å². The lowest BCUT2D eigenvalue weighted by atomic mass is 10.1. The second kappa shape index (κ2) is 5.71. The fraction of sp³-hybridized carbons (Fsp3) is 0.462. The minimum absolute atomic E-state index is 0.0165. The predicted octanol–water partition coefficient (Wildman–Crippen LogP) is 2.36. The summed E-state index contributed by atoms with van der Waals surface area (Å²) in [5.74, 6) is -0.369. The summed E-state index contributed by atoms with van der Waals surface area (Å²) in [6.07, 6.45) is 2.29. The molecule has 5 nitrogen and oxygen atoms in total. The smallest absolute Gasteiger partial charge is 0.337 e. The Balaban J connectivity index is 2.16. The van der Waals surface area contributed by atoms with Gasteiger partial charge >= 0.3 is 5.97 Å². The van der Waals surface area contributed by atoms with Gasteiger partial charge in [0.2, 0.25) is 10.0 Å². The van der Waals surface area contributed by atoms with Crippen LogP contribution in [0.5, 0.6) is 0 Å². The van der Waals surface area contributed by atoms with E-state index < -0.39 is 16.0 Å². The second-order valence-corrected chi connectivity index (χ2v) is 7.29. The molecule has 2 N–H and O–H groups in total. The highest BCUT2D eigenvalue weighted by atomic mass is 35.5. The normalized spacial score (nSPS) is 16.9. The van der Waals surface area contributed by atoms with Crippen molar-refractivity contribution in [2.24, 2.45) is 11.8 Å². The van der Waals surface area contributed by atoms with Crippen LogP contribution in [-0.4, -0.2) is 26.0 Å². The number of aromatic carboxylic acids is 1. The van der Waals surface area contributed by atoms with Crippen molar-refractivity contribution in [1.82, 2.24) is 4.72 Å². The number of hydrogen-bond acceptors (Lipinski definition) is 3. The summed E-state index contributed by atoms with van der Waals surface area (Å²) in [5, 5.41) is 8.97. The minimum atomic E-state index is -3.71. The predicted molar refractivity (Wildman–Crippen MR) is 75.5 cm³/mol. The van der Waals surface area contributed by atoms with E-state index in [-0.39, 0.29) is 21.4 Å². The number of sulfonamides is 1. The lowest BCUT2D eigenvalue weighted by Crippen LogP contribution is -2.29.